The predicted molar refractivity (Wildman–Crippen MR) is 150 cm³/mol. The molecule has 1 heterocycles. The molecule has 3 aliphatic rings. The van der Waals surface area contributed by atoms with E-state index in [0.717, 1.165) is 62.2 Å². The summed E-state index contributed by atoms with van der Waals surface area (Å²) in [6.07, 6.45) is 5.86. The van der Waals surface area contributed by atoms with Crippen molar-refractivity contribution in [3.05, 3.63) is 58.1 Å². The molecule has 5 rings (SSSR count). The molecular formula is C31H37ClN2O6. The van der Waals surface area contributed by atoms with Crippen LogP contribution in [-0.4, -0.2) is 59.5 Å². The molecule has 1 saturated carbocycles. The first-order valence-corrected chi connectivity index (χ1v) is 14.6. The number of rotatable bonds is 11. The second-order valence-electron chi connectivity index (χ2n) is 11.2. The fourth-order valence-corrected chi connectivity index (χ4v) is 6.65. The van der Waals surface area contributed by atoms with Crippen molar-refractivity contribution in [3.63, 3.8) is 0 Å². The highest BCUT2D eigenvalue weighted by molar-refractivity contribution is 6.30. The Morgan fingerprint density at radius 3 is 2.45 bits per heavy atom. The predicted octanol–water partition coefficient (Wildman–Crippen LogP) is 5.26. The van der Waals surface area contributed by atoms with Gasteiger partial charge < -0.3 is 14.6 Å². The largest absolute Gasteiger partial charge is 0.493 e. The second kappa shape index (κ2) is 12.6. The number of imide groups is 1. The number of hydrogen-bond acceptors (Lipinski definition) is 6. The van der Waals surface area contributed by atoms with Crippen molar-refractivity contribution in [2.75, 3.05) is 26.8 Å². The van der Waals surface area contributed by atoms with E-state index in [1.165, 1.54) is 16.0 Å². The molecule has 2 amide bonds. The molecule has 1 N–H and O–H groups in total. The van der Waals surface area contributed by atoms with Gasteiger partial charge in [-0.2, -0.15) is 0 Å². The Kier molecular flexibility index (Phi) is 8.96. The van der Waals surface area contributed by atoms with Gasteiger partial charge in [0.25, 0.3) is 0 Å². The van der Waals surface area contributed by atoms with Crippen LogP contribution in [0.2, 0.25) is 5.02 Å². The Hall–Kier alpha value is -3.10. The van der Waals surface area contributed by atoms with Gasteiger partial charge >= 0.3 is 5.97 Å². The number of benzene rings is 2. The number of fused-ring (bicyclic) bond motifs is 1. The minimum absolute atomic E-state index is 0.150. The van der Waals surface area contributed by atoms with Crippen LogP contribution < -0.4 is 9.47 Å². The van der Waals surface area contributed by atoms with E-state index in [4.69, 9.17) is 21.1 Å². The number of amides is 2. The van der Waals surface area contributed by atoms with E-state index in [1.807, 2.05) is 24.3 Å². The number of ether oxygens (including phenoxy) is 2. The second-order valence-corrected chi connectivity index (χ2v) is 11.6. The highest BCUT2D eigenvalue weighted by atomic mass is 35.5. The van der Waals surface area contributed by atoms with Gasteiger partial charge in [0.05, 0.1) is 19.6 Å². The number of carboxylic acid groups (broad SMARTS) is 1. The van der Waals surface area contributed by atoms with Crippen molar-refractivity contribution >= 4 is 29.4 Å². The normalized spacial score (nSPS) is 22.6. The SMILES string of the molecule is COc1cc(CN(C[C@H]2CC[C@@H](C(=O)O)CC2)C2CCc3cc(Cl)ccc32)ccc1OCCN1C(=O)CCC1=O. The maximum atomic E-state index is 11.9. The minimum Gasteiger partial charge on any atom is -0.493 e. The van der Waals surface area contributed by atoms with Crippen LogP contribution in [0.1, 0.15) is 67.7 Å². The van der Waals surface area contributed by atoms with Gasteiger partial charge in [-0.05, 0) is 85.4 Å². The van der Waals surface area contributed by atoms with Crippen molar-refractivity contribution in [3.8, 4) is 11.5 Å². The monoisotopic (exact) mass is 568 g/mol. The number of carboxylic acids is 1. The molecule has 2 fully saturated rings. The van der Waals surface area contributed by atoms with E-state index in [2.05, 4.69) is 17.0 Å². The number of aliphatic carboxylic acids is 1. The van der Waals surface area contributed by atoms with Gasteiger partial charge in [0, 0.05) is 37.0 Å². The summed E-state index contributed by atoms with van der Waals surface area (Å²) in [5.74, 6) is 0.434. The molecule has 1 atom stereocenters. The van der Waals surface area contributed by atoms with Crippen LogP contribution >= 0.6 is 11.6 Å². The Morgan fingerprint density at radius 1 is 1.00 bits per heavy atom. The van der Waals surface area contributed by atoms with Crippen LogP contribution in [0.3, 0.4) is 0 Å². The molecule has 2 aromatic carbocycles. The molecule has 214 valence electrons. The summed E-state index contributed by atoms with van der Waals surface area (Å²) in [5, 5.41) is 10.2. The first-order chi connectivity index (χ1) is 19.3. The first kappa shape index (κ1) is 28.4. The third kappa shape index (κ3) is 6.44. The summed E-state index contributed by atoms with van der Waals surface area (Å²) in [4.78, 5) is 39.0. The number of carbonyl (C=O) groups excluding carboxylic acids is 2. The van der Waals surface area contributed by atoms with Crippen LogP contribution in [0.4, 0.5) is 0 Å². The van der Waals surface area contributed by atoms with Crippen LogP contribution in [-0.2, 0) is 27.3 Å². The zero-order valence-corrected chi connectivity index (χ0v) is 23.7. The van der Waals surface area contributed by atoms with Crippen LogP contribution in [0, 0.1) is 11.8 Å². The summed E-state index contributed by atoms with van der Waals surface area (Å²) in [5.41, 5.74) is 3.71. The standard InChI is InChI=1S/C31H37ClN2O6/c1-39-28-16-21(4-11-27(28)40-15-14-34-29(35)12-13-30(34)36)19-33(18-20-2-5-22(6-3-20)31(37)38)26-10-7-23-17-24(32)8-9-25(23)26/h4,8-9,11,16-17,20,22,26H,2-3,5-7,10,12-15,18-19H2,1H3,(H,37,38)/t20-,22+,26?. The van der Waals surface area contributed by atoms with Crippen molar-refractivity contribution in [1.82, 2.24) is 9.80 Å². The van der Waals surface area contributed by atoms with E-state index in [-0.39, 0.29) is 49.8 Å². The third-order valence-corrected chi connectivity index (χ3v) is 8.86. The smallest absolute Gasteiger partial charge is 0.306 e. The van der Waals surface area contributed by atoms with Crippen LogP contribution in [0.5, 0.6) is 11.5 Å². The number of methoxy groups -OCH3 is 1. The zero-order chi connectivity index (χ0) is 28.2. The molecule has 0 aromatic heterocycles. The first-order valence-electron chi connectivity index (χ1n) is 14.2. The number of hydrogen-bond donors (Lipinski definition) is 1. The lowest BCUT2D eigenvalue weighted by atomic mass is 9.81. The average Bonchev–Trinajstić information content (AvgIpc) is 3.51. The molecule has 0 radical (unpaired) electrons. The van der Waals surface area contributed by atoms with E-state index in [9.17, 15) is 19.5 Å². The lowest BCUT2D eigenvalue weighted by molar-refractivity contribution is -0.143. The van der Waals surface area contributed by atoms with Gasteiger partial charge in [-0.15, -0.1) is 0 Å². The van der Waals surface area contributed by atoms with Gasteiger partial charge in [-0.1, -0.05) is 23.7 Å². The topological polar surface area (TPSA) is 96.4 Å². The van der Waals surface area contributed by atoms with Gasteiger partial charge in [-0.3, -0.25) is 24.2 Å². The van der Waals surface area contributed by atoms with Gasteiger partial charge in [0.2, 0.25) is 11.8 Å². The lowest BCUT2D eigenvalue weighted by Gasteiger charge is -2.35. The number of nitrogens with zero attached hydrogens (tertiary/aromatic N) is 2. The number of halogens is 1. The number of aryl methyl sites for hydroxylation is 1. The van der Waals surface area contributed by atoms with Crippen molar-refractivity contribution in [1.29, 1.82) is 0 Å². The minimum atomic E-state index is -0.676. The van der Waals surface area contributed by atoms with Gasteiger partial charge in [-0.25, -0.2) is 0 Å². The molecule has 1 saturated heterocycles. The molecule has 2 aliphatic carbocycles. The fraction of sp³-hybridized carbons (Fsp3) is 0.516. The molecule has 1 unspecified atom stereocenters. The maximum absolute atomic E-state index is 11.9. The summed E-state index contributed by atoms with van der Waals surface area (Å²) in [7, 11) is 1.61. The zero-order valence-electron chi connectivity index (χ0n) is 22.9. The summed E-state index contributed by atoms with van der Waals surface area (Å²) < 4.78 is 11.6. The number of likely N-dealkylation sites (tertiary alicyclic amines) is 1. The average molecular weight is 569 g/mol. The molecule has 2 aromatic rings. The summed E-state index contributed by atoms with van der Waals surface area (Å²) in [6, 6.07) is 12.4. The van der Waals surface area contributed by atoms with Crippen molar-refractivity contribution in [2.45, 2.75) is 64.0 Å². The van der Waals surface area contributed by atoms with Crippen molar-refractivity contribution in [2.24, 2.45) is 11.8 Å². The number of carbonyl (C=O) groups is 3. The Balaban J connectivity index is 1.29. The molecule has 8 nitrogen and oxygen atoms in total. The maximum Gasteiger partial charge on any atom is 0.306 e. The quantitative estimate of drug-likeness (QED) is 0.369. The lowest BCUT2D eigenvalue weighted by Crippen LogP contribution is -2.34. The molecule has 1 aliphatic heterocycles. The molecule has 0 bridgehead atoms. The summed E-state index contributed by atoms with van der Waals surface area (Å²) in [6.45, 7) is 2.06. The Bertz CT molecular complexity index is 1240. The highest BCUT2D eigenvalue weighted by Gasteiger charge is 2.33. The fourth-order valence-electron chi connectivity index (χ4n) is 6.45. The van der Waals surface area contributed by atoms with E-state index >= 15 is 0 Å². The van der Waals surface area contributed by atoms with E-state index in [1.54, 1.807) is 7.11 Å². The molecular weight excluding hydrogens is 532 g/mol. The molecule has 9 heteroatoms. The van der Waals surface area contributed by atoms with Crippen LogP contribution in [0.25, 0.3) is 0 Å². The van der Waals surface area contributed by atoms with E-state index in [0.29, 0.717) is 17.4 Å². The third-order valence-electron chi connectivity index (χ3n) is 8.62. The van der Waals surface area contributed by atoms with Crippen molar-refractivity contribution < 1.29 is 29.0 Å². The highest BCUT2D eigenvalue weighted by Crippen LogP contribution is 2.40. The van der Waals surface area contributed by atoms with E-state index < -0.39 is 5.97 Å². The van der Waals surface area contributed by atoms with Gasteiger partial charge in [0.1, 0.15) is 6.61 Å². The molecule has 0 spiro atoms. The Morgan fingerprint density at radius 2 is 1.75 bits per heavy atom. The summed E-state index contributed by atoms with van der Waals surface area (Å²) >= 11 is 6.29. The Labute approximate surface area is 240 Å². The van der Waals surface area contributed by atoms with Crippen LogP contribution in [0.15, 0.2) is 36.4 Å². The van der Waals surface area contributed by atoms with Gasteiger partial charge in [0.15, 0.2) is 11.5 Å². The molecule has 40 heavy (non-hydrogen) atoms.